The molecule has 2 aromatic rings. The third-order valence-electron chi connectivity index (χ3n) is 4.72. The third-order valence-corrected chi connectivity index (χ3v) is 4.72. The number of hydrogen-bond donors (Lipinski definition) is 1. The summed E-state index contributed by atoms with van der Waals surface area (Å²) in [5, 5.41) is 6.53. The van der Waals surface area contributed by atoms with Crippen LogP contribution in [-0.2, 0) is 4.79 Å². The molecular formula is C19H24N4O4. The predicted molar refractivity (Wildman–Crippen MR) is 99.8 cm³/mol. The lowest BCUT2D eigenvalue weighted by Crippen LogP contribution is -2.54. The van der Waals surface area contributed by atoms with Gasteiger partial charge in [0, 0.05) is 37.8 Å². The molecule has 1 aliphatic heterocycles. The number of benzene rings is 1. The Morgan fingerprint density at radius 2 is 1.96 bits per heavy atom. The smallest absolute Gasteiger partial charge is 0.254 e. The summed E-state index contributed by atoms with van der Waals surface area (Å²) in [6, 6.07) is 8.50. The van der Waals surface area contributed by atoms with Crippen LogP contribution in [0.2, 0.25) is 0 Å². The number of rotatable bonds is 5. The van der Waals surface area contributed by atoms with Crippen molar-refractivity contribution in [2.24, 2.45) is 0 Å². The first-order chi connectivity index (χ1) is 13.0. The number of methoxy groups -OCH3 is 1. The largest absolute Gasteiger partial charge is 0.497 e. The van der Waals surface area contributed by atoms with Crippen LogP contribution in [0.25, 0.3) is 0 Å². The van der Waals surface area contributed by atoms with Crippen molar-refractivity contribution < 1.29 is 18.8 Å². The third kappa shape index (κ3) is 4.46. The maximum absolute atomic E-state index is 12.7. The highest BCUT2D eigenvalue weighted by Gasteiger charge is 2.28. The monoisotopic (exact) mass is 372 g/mol. The molecule has 8 heteroatoms. The molecule has 1 atom stereocenters. The van der Waals surface area contributed by atoms with E-state index in [1.165, 1.54) is 0 Å². The van der Waals surface area contributed by atoms with Gasteiger partial charge in [0.05, 0.1) is 13.2 Å². The second kappa shape index (κ2) is 8.22. The van der Waals surface area contributed by atoms with Crippen LogP contribution in [0.3, 0.4) is 0 Å². The molecule has 2 heterocycles. The number of nitrogens with one attached hydrogen (secondary N) is 1. The van der Waals surface area contributed by atoms with Crippen molar-refractivity contribution in [3.8, 4) is 5.75 Å². The van der Waals surface area contributed by atoms with Crippen LogP contribution >= 0.6 is 0 Å². The van der Waals surface area contributed by atoms with Gasteiger partial charge in [-0.2, -0.15) is 0 Å². The van der Waals surface area contributed by atoms with E-state index in [9.17, 15) is 9.59 Å². The molecule has 0 spiro atoms. The Balaban J connectivity index is 1.54. The summed E-state index contributed by atoms with van der Waals surface area (Å²) in [5.74, 6) is 1.55. The first kappa shape index (κ1) is 18.9. The van der Waals surface area contributed by atoms with E-state index >= 15 is 0 Å². The van der Waals surface area contributed by atoms with Crippen molar-refractivity contribution in [1.82, 2.24) is 15.0 Å². The maximum atomic E-state index is 12.7. The molecule has 27 heavy (non-hydrogen) atoms. The number of amides is 2. The summed E-state index contributed by atoms with van der Waals surface area (Å²) in [6.45, 7) is 6.00. The van der Waals surface area contributed by atoms with E-state index in [0.717, 1.165) is 0 Å². The quantitative estimate of drug-likeness (QED) is 0.861. The Hall–Kier alpha value is -2.87. The number of aryl methyl sites for hydroxylation is 1. The van der Waals surface area contributed by atoms with Crippen LogP contribution in [0.4, 0.5) is 5.82 Å². The van der Waals surface area contributed by atoms with Crippen LogP contribution < -0.4 is 10.1 Å². The van der Waals surface area contributed by atoms with Gasteiger partial charge in [-0.1, -0.05) is 11.2 Å². The number of carbonyl (C=O) groups excluding carboxylic acids is 2. The Morgan fingerprint density at radius 1 is 1.22 bits per heavy atom. The second-order valence-electron chi connectivity index (χ2n) is 6.55. The highest BCUT2D eigenvalue weighted by molar-refractivity contribution is 5.95. The van der Waals surface area contributed by atoms with Crippen molar-refractivity contribution >= 4 is 17.6 Å². The number of carbonyl (C=O) groups is 2. The number of piperazine rings is 1. The zero-order valence-electron chi connectivity index (χ0n) is 15.8. The van der Waals surface area contributed by atoms with E-state index in [1.807, 2.05) is 13.0 Å². The lowest BCUT2D eigenvalue weighted by Gasteiger charge is -2.37. The van der Waals surface area contributed by atoms with Gasteiger partial charge in [0.15, 0.2) is 5.82 Å². The molecule has 8 nitrogen and oxygen atoms in total. The SMILES string of the molecule is COc1cccc(C(=O)N2CCN(C(C)C(=O)Nc3cc(C)on3)CC2)c1. The molecule has 2 amide bonds. The Bertz CT molecular complexity index is 812. The molecule has 0 radical (unpaired) electrons. The average molecular weight is 372 g/mol. The molecule has 1 N–H and O–H groups in total. The molecule has 1 unspecified atom stereocenters. The van der Waals surface area contributed by atoms with Gasteiger partial charge in [-0.05, 0) is 32.0 Å². The van der Waals surface area contributed by atoms with E-state index in [2.05, 4.69) is 15.4 Å². The van der Waals surface area contributed by atoms with Gasteiger partial charge >= 0.3 is 0 Å². The summed E-state index contributed by atoms with van der Waals surface area (Å²) < 4.78 is 10.1. The van der Waals surface area contributed by atoms with Crippen molar-refractivity contribution in [1.29, 1.82) is 0 Å². The van der Waals surface area contributed by atoms with Gasteiger partial charge in [-0.15, -0.1) is 0 Å². The van der Waals surface area contributed by atoms with Crippen LogP contribution in [0.15, 0.2) is 34.9 Å². The minimum Gasteiger partial charge on any atom is -0.497 e. The first-order valence-electron chi connectivity index (χ1n) is 8.89. The number of anilines is 1. The van der Waals surface area contributed by atoms with Gasteiger partial charge in [0.2, 0.25) is 5.91 Å². The normalized spacial score (nSPS) is 16.0. The van der Waals surface area contributed by atoms with E-state index in [4.69, 9.17) is 9.26 Å². The fourth-order valence-electron chi connectivity index (χ4n) is 3.07. The highest BCUT2D eigenvalue weighted by Crippen LogP contribution is 2.16. The van der Waals surface area contributed by atoms with Crippen molar-refractivity contribution in [2.45, 2.75) is 19.9 Å². The molecule has 1 fully saturated rings. The zero-order valence-corrected chi connectivity index (χ0v) is 15.8. The molecule has 0 bridgehead atoms. The zero-order chi connectivity index (χ0) is 19.4. The summed E-state index contributed by atoms with van der Waals surface area (Å²) in [5.41, 5.74) is 0.606. The van der Waals surface area contributed by atoms with Gasteiger partial charge < -0.3 is 19.5 Å². The van der Waals surface area contributed by atoms with Gasteiger partial charge in [-0.3, -0.25) is 14.5 Å². The molecule has 144 valence electrons. The Morgan fingerprint density at radius 3 is 2.59 bits per heavy atom. The first-order valence-corrected chi connectivity index (χ1v) is 8.89. The predicted octanol–water partition coefficient (Wildman–Crippen LogP) is 1.78. The standard InChI is InChI=1S/C19H24N4O4/c1-13-11-17(21-27-13)20-18(24)14(2)22-7-9-23(10-8-22)19(25)15-5-4-6-16(12-15)26-3/h4-6,11-12,14H,7-10H2,1-3H3,(H,20,21,24). The van der Waals surface area contributed by atoms with E-state index < -0.39 is 0 Å². The molecule has 0 saturated carbocycles. The summed E-state index contributed by atoms with van der Waals surface area (Å²) >= 11 is 0. The molecular weight excluding hydrogens is 348 g/mol. The highest BCUT2D eigenvalue weighted by atomic mass is 16.5. The Kier molecular flexibility index (Phi) is 5.75. The van der Waals surface area contributed by atoms with Crippen LogP contribution in [0.1, 0.15) is 23.0 Å². The lowest BCUT2D eigenvalue weighted by molar-refractivity contribution is -0.121. The fourth-order valence-corrected chi connectivity index (χ4v) is 3.07. The Labute approximate surface area is 158 Å². The van der Waals surface area contributed by atoms with Crippen molar-refractivity contribution in [3.63, 3.8) is 0 Å². The number of ether oxygens (including phenoxy) is 1. The molecule has 1 aromatic carbocycles. The van der Waals surface area contributed by atoms with E-state index in [-0.39, 0.29) is 17.9 Å². The van der Waals surface area contributed by atoms with Crippen LogP contribution in [-0.4, -0.2) is 66.1 Å². The van der Waals surface area contributed by atoms with E-state index in [1.54, 1.807) is 43.2 Å². The number of nitrogens with zero attached hydrogens (tertiary/aromatic N) is 3. The molecule has 1 aromatic heterocycles. The number of aromatic nitrogens is 1. The van der Waals surface area contributed by atoms with Gasteiger partial charge in [0.25, 0.3) is 5.91 Å². The van der Waals surface area contributed by atoms with Crippen LogP contribution in [0.5, 0.6) is 5.75 Å². The van der Waals surface area contributed by atoms with E-state index in [0.29, 0.717) is 49.1 Å². The maximum Gasteiger partial charge on any atom is 0.254 e. The minimum absolute atomic E-state index is 0.0243. The van der Waals surface area contributed by atoms with Gasteiger partial charge in [0.1, 0.15) is 11.5 Å². The summed E-state index contributed by atoms with van der Waals surface area (Å²) in [4.78, 5) is 28.9. The fraction of sp³-hybridized carbons (Fsp3) is 0.421. The van der Waals surface area contributed by atoms with Gasteiger partial charge in [-0.25, -0.2) is 0 Å². The number of hydrogen-bond acceptors (Lipinski definition) is 6. The lowest BCUT2D eigenvalue weighted by atomic mass is 10.1. The average Bonchev–Trinajstić information content (AvgIpc) is 3.11. The van der Waals surface area contributed by atoms with Crippen molar-refractivity contribution in [2.75, 3.05) is 38.6 Å². The molecule has 0 aliphatic carbocycles. The summed E-state index contributed by atoms with van der Waals surface area (Å²) in [6.07, 6.45) is 0. The van der Waals surface area contributed by atoms with Crippen LogP contribution in [0, 0.1) is 6.92 Å². The van der Waals surface area contributed by atoms with Crippen molar-refractivity contribution in [3.05, 3.63) is 41.7 Å². The molecule has 1 saturated heterocycles. The molecule has 1 aliphatic rings. The summed E-state index contributed by atoms with van der Waals surface area (Å²) in [7, 11) is 1.58. The molecule has 3 rings (SSSR count). The topological polar surface area (TPSA) is 87.9 Å². The minimum atomic E-state index is -0.323. The second-order valence-corrected chi connectivity index (χ2v) is 6.55.